The molecule has 0 N–H and O–H groups in total. The number of carbonyl (C=O) groups excluding carboxylic acids is 1. The van der Waals surface area contributed by atoms with Crippen LogP contribution in [0.25, 0.3) is 0 Å². The summed E-state index contributed by atoms with van der Waals surface area (Å²) in [6.07, 6.45) is 0. The monoisotopic (exact) mass is 339 g/mol. The van der Waals surface area contributed by atoms with E-state index in [9.17, 15) is 4.79 Å². The zero-order chi connectivity index (χ0) is 14.9. The minimum atomic E-state index is -0.175. The molecule has 3 nitrogen and oxygen atoms in total. The van der Waals surface area contributed by atoms with Gasteiger partial charge in [-0.1, -0.05) is 0 Å². The predicted molar refractivity (Wildman–Crippen MR) is 81.7 cm³/mol. The molecule has 1 amide bonds. The first-order chi connectivity index (χ1) is 9.32. The first-order valence-electron chi connectivity index (χ1n) is 6.87. The van der Waals surface area contributed by atoms with Gasteiger partial charge in [-0.25, -0.2) is 0 Å². The summed E-state index contributed by atoms with van der Waals surface area (Å²) in [5, 5.41) is 0. The van der Waals surface area contributed by atoms with Gasteiger partial charge in [-0.3, -0.25) is 0 Å². The van der Waals surface area contributed by atoms with E-state index in [1.807, 2.05) is 37.3 Å². The van der Waals surface area contributed by atoms with E-state index in [4.69, 9.17) is 4.74 Å². The first kappa shape index (κ1) is 15.3. The van der Waals surface area contributed by atoms with E-state index in [1.54, 1.807) is 4.90 Å². The Hall–Kier alpha value is -1.12. The van der Waals surface area contributed by atoms with Crippen molar-refractivity contribution in [3.63, 3.8) is 0 Å². The number of benzene rings is 1. The first-order valence-corrected chi connectivity index (χ1v) is 7.73. The summed E-state index contributed by atoms with van der Waals surface area (Å²) in [7, 11) is 0. The molecule has 1 aromatic rings. The van der Waals surface area contributed by atoms with E-state index in [0.717, 1.165) is 5.56 Å². The second kappa shape index (κ2) is 5.71. The quantitative estimate of drug-likeness (QED) is 0.775. The molecule has 1 aliphatic rings. The molecule has 2 rings (SSSR count). The van der Waals surface area contributed by atoms with E-state index >= 15 is 0 Å². The number of hydrogen-bond donors (Lipinski definition) is 0. The van der Waals surface area contributed by atoms with Crippen LogP contribution >= 0.6 is 0 Å². The Morgan fingerprint density at radius 1 is 1.35 bits per heavy atom. The van der Waals surface area contributed by atoms with Crippen LogP contribution in [0.2, 0.25) is 0 Å². The maximum absolute atomic E-state index is 12.8. The maximum atomic E-state index is 12.8. The summed E-state index contributed by atoms with van der Waals surface area (Å²) in [6.45, 7) is 8.90. The van der Waals surface area contributed by atoms with Crippen molar-refractivity contribution in [2.45, 2.75) is 39.7 Å². The van der Waals surface area contributed by atoms with Crippen LogP contribution in [0.5, 0.6) is 0 Å². The van der Waals surface area contributed by atoms with Crippen LogP contribution in [-0.4, -0.2) is 43.8 Å². The molecule has 0 bridgehead atoms. The molecule has 0 unspecified atom stereocenters. The molecule has 1 fully saturated rings. The molecule has 0 aliphatic carbocycles. The molecule has 0 radical (unpaired) electrons. The molecule has 20 heavy (non-hydrogen) atoms. The molecule has 1 aromatic carbocycles. The van der Waals surface area contributed by atoms with Gasteiger partial charge in [0.2, 0.25) is 0 Å². The number of nitrogens with zero attached hydrogens (tertiary/aromatic N) is 1. The van der Waals surface area contributed by atoms with Gasteiger partial charge in [0.05, 0.1) is 0 Å². The van der Waals surface area contributed by atoms with Crippen molar-refractivity contribution < 1.29 is 9.53 Å². The normalized spacial score (nSPS) is 20.7. The van der Waals surface area contributed by atoms with E-state index in [1.165, 1.54) is 0 Å². The zero-order valence-corrected chi connectivity index (χ0v) is 14.1. The molecule has 0 spiro atoms. The molecule has 4 heteroatoms. The van der Waals surface area contributed by atoms with Gasteiger partial charge < -0.3 is 0 Å². The molecule has 1 saturated heterocycles. The van der Waals surface area contributed by atoms with Gasteiger partial charge in [-0.15, -0.1) is 0 Å². The molecular formula is C16H21NO2Se. The summed E-state index contributed by atoms with van der Waals surface area (Å²) in [4.78, 5) is 14.6. The van der Waals surface area contributed by atoms with Crippen molar-refractivity contribution in [3.8, 4) is 0 Å². The van der Waals surface area contributed by atoms with Gasteiger partial charge in [-0.05, 0) is 0 Å². The van der Waals surface area contributed by atoms with E-state index in [-0.39, 0.29) is 23.3 Å². The third-order valence-electron chi connectivity index (χ3n) is 3.78. The second-order valence-electron chi connectivity index (χ2n) is 6.30. The number of hydrogen-bond acceptors (Lipinski definition) is 2. The van der Waals surface area contributed by atoms with E-state index in [2.05, 4.69) is 36.3 Å². The zero-order valence-electron chi connectivity index (χ0n) is 12.4. The van der Waals surface area contributed by atoms with Crippen LogP contribution in [0.3, 0.4) is 0 Å². The van der Waals surface area contributed by atoms with Crippen LogP contribution in [0.1, 0.15) is 39.2 Å². The number of carbonyl (C=O) groups is 1. The summed E-state index contributed by atoms with van der Waals surface area (Å²) < 4.78 is 6.17. The Labute approximate surface area is 128 Å². The molecule has 1 aliphatic heterocycles. The standard InChI is InChI=1S/C16H21NO2Se/c1-11(12-8-6-5-7-9-12)14(18)17-13(16(2,3)4)10-19-15(17)20/h5-9,11,13H,10H2,1-4H3/t11-,13+/m0/s1. The number of rotatable bonds is 2. The molecular weight excluding hydrogens is 317 g/mol. The Kier molecular flexibility index (Phi) is 4.36. The minimum absolute atomic E-state index is 0.0162. The summed E-state index contributed by atoms with van der Waals surface area (Å²) >= 11 is 2.88. The van der Waals surface area contributed by atoms with Crippen LogP contribution in [-0.2, 0) is 9.53 Å². The summed E-state index contributed by atoms with van der Waals surface area (Å²) in [6, 6.07) is 9.93. The Bertz CT molecular complexity index is 507. The number of ether oxygens (including phenoxy) is 1. The number of amides is 1. The van der Waals surface area contributed by atoms with Crippen molar-refractivity contribution in [1.82, 2.24) is 4.90 Å². The Balaban J connectivity index is 2.25. The van der Waals surface area contributed by atoms with E-state index < -0.39 is 0 Å². The third kappa shape index (κ3) is 2.97. The molecule has 0 saturated carbocycles. The third-order valence-corrected chi connectivity index (χ3v) is 4.44. The molecule has 1 heterocycles. The van der Waals surface area contributed by atoms with Gasteiger partial charge in [0.1, 0.15) is 0 Å². The molecule has 0 aromatic heterocycles. The van der Waals surface area contributed by atoms with Crippen LogP contribution in [0, 0.1) is 5.41 Å². The van der Waals surface area contributed by atoms with Crippen molar-refractivity contribution in [1.29, 1.82) is 0 Å². The summed E-state index contributed by atoms with van der Waals surface area (Å²) in [5.41, 5.74) is 1.02. The fourth-order valence-electron chi connectivity index (χ4n) is 2.40. The van der Waals surface area contributed by atoms with Crippen molar-refractivity contribution in [2.24, 2.45) is 5.41 Å². The summed E-state index contributed by atoms with van der Waals surface area (Å²) in [5.74, 6) is -0.0894. The Morgan fingerprint density at radius 2 is 1.95 bits per heavy atom. The average Bonchev–Trinajstić information content (AvgIpc) is 2.80. The van der Waals surface area contributed by atoms with Crippen molar-refractivity contribution in [3.05, 3.63) is 35.9 Å². The van der Waals surface area contributed by atoms with Crippen molar-refractivity contribution in [2.75, 3.05) is 6.61 Å². The second-order valence-corrected chi connectivity index (χ2v) is 7.03. The topological polar surface area (TPSA) is 29.5 Å². The van der Waals surface area contributed by atoms with Crippen LogP contribution in [0.15, 0.2) is 30.3 Å². The van der Waals surface area contributed by atoms with Gasteiger partial charge in [0, 0.05) is 0 Å². The van der Waals surface area contributed by atoms with Gasteiger partial charge in [0.25, 0.3) is 0 Å². The average molecular weight is 338 g/mol. The van der Waals surface area contributed by atoms with Gasteiger partial charge in [-0.2, -0.15) is 0 Å². The Morgan fingerprint density at radius 3 is 2.50 bits per heavy atom. The SMILES string of the molecule is C[C@H](C(=O)N1C(=[Se])OC[C@@H]1C(C)(C)C)c1ccccc1. The van der Waals surface area contributed by atoms with Crippen LogP contribution < -0.4 is 0 Å². The van der Waals surface area contributed by atoms with Crippen LogP contribution in [0.4, 0.5) is 0 Å². The van der Waals surface area contributed by atoms with E-state index in [0.29, 0.717) is 11.3 Å². The van der Waals surface area contributed by atoms with Gasteiger partial charge >= 0.3 is 128 Å². The fourth-order valence-corrected chi connectivity index (χ4v) is 2.99. The van der Waals surface area contributed by atoms with Crippen molar-refractivity contribution >= 4 is 26.2 Å². The molecule has 108 valence electrons. The predicted octanol–water partition coefficient (Wildman–Crippen LogP) is 2.32. The molecule has 2 atom stereocenters. The van der Waals surface area contributed by atoms with Gasteiger partial charge in [0.15, 0.2) is 0 Å². The fraction of sp³-hybridized carbons (Fsp3) is 0.500.